The number of ether oxygens (including phenoxy) is 1. The van der Waals surface area contributed by atoms with E-state index in [0.717, 1.165) is 35.2 Å². The van der Waals surface area contributed by atoms with Gasteiger partial charge < -0.3 is 15.0 Å². The van der Waals surface area contributed by atoms with Gasteiger partial charge in [0.2, 0.25) is 11.0 Å². The Labute approximate surface area is 162 Å². The molecule has 1 saturated heterocycles. The Balaban J connectivity index is 1.56. The van der Waals surface area contributed by atoms with E-state index in [2.05, 4.69) is 22.4 Å². The number of nitrogens with one attached hydrogen (secondary N) is 1. The van der Waals surface area contributed by atoms with Crippen LogP contribution in [0.1, 0.15) is 33.1 Å². The molecular weight excluding hydrogens is 368 g/mol. The monoisotopic (exact) mass is 392 g/mol. The summed E-state index contributed by atoms with van der Waals surface area (Å²) in [7, 11) is 0. The van der Waals surface area contributed by atoms with Crippen LogP contribution in [0.4, 0.5) is 10.8 Å². The van der Waals surface area contributed by atoms with Gasteiger partial charge in [0.25, 0.3) is 0 Å². The second kappa shape index (κ2) is 9.23. The lowest BCUT2D eigenvalue weighted by atomic mass is 10.0. The number of nitrogens with zero attached hydrogens (tertiary/aromatic N) is 3. The van der Waals surface area contributed by atoms with Gasteiger partial charge in [-0.2, -0.15) is 0 Å². The van der Waals surface area contributed by atoms with Gasteiger partial charge >= 0.3 is 0 Å². The highest BCUT2D eigenvalue weighted by molar-refractivity contribution is 8.01. The summed E-state index contributed by atoms with van der Waals surface area (Å²) in [6.07, 6.45) is 3.42. The molecule has 2 aromatic rings. The van der Waals surface area contributed by atoms with Crippen LogP contribution in [0.3, 0.4) is 0 Å². The average molecular weight is 393 g/mol. The molecule has 0 saturated carbocycles. The molecule has 0 unspecified atom stereocenters. The van der Waals surface area contributed by atoms with Crippen LogP contribution in [0.5, 0.6) is 5.75 Å². The first-order chi connectivity index (χ1) is 12.7. The second-order valence-corrected chi connectivity index (χ2v) is 8.35. The minimum atomic E-state index is 0.189. The van der Waals surface area contributed by atoms with E-state index in [-0.39, 0.29) is 5.91 Å². The molecule has 0 bridgehead atoms. The summed E-state index contributed by atoms with van der Waals surface area (Å²) in [6.45, 7) is 5.56. The lowest BCUT2D eigenvalue weighted by Crippen LogP contribution is -2.42. The smallest absolute Gasteiger partial charge is 0.233 e. The highest BCUT2D eigenvalue weighted by atomic mass is 32.2. The van der Waals surface area contributed by atoms with Gasteiger partial charge in [0.15, 0.2) is 4.34 Å². The average Bonchev–Trinajstić information content (AvgIpc) is 3.09. The number of benzene rings is 1. The Bertz CT molecular complexity index is 737. The molecule has 1 N–H and O–H groups in total. The van der Waals surface area contributed by atoms with Crippen molar-refractivity contribution in [1.82, 2.24) is 15.1 Å². The van der Waals surface area contributed by atoms with Crippen LogP contribution in [0.2, 0.25) is 0 Å². The van der Waals surface area contributed by atoms with Crippen molar-refractivity contribution < 1.29 is 9.53 Å². The van der Waals surface area contributed by atoms with Gasteiger partial charge in [-0.15, -0.1) is 10.2 Å². The summed E-state index contributed by atoms with van der Waals surface area (Å²) in [5, 5.41) is 12.3. The third kappa shape index (κ3) is 4.88. The molecule has 0 radical (unpaired) electrons. The first-order valence-corrected chi connectivity index (χ1v) is 10.7. The third-order valence-electron chi connectivity index (χ3n) is 4.28. The molecule has 3 rings (SSSR count). The van der Waals surface area contributed by atoms with Gasteiger partial charge in [0.05, 0.1) is 18.0 Å². The number of para-hydroxylation sites is 2. The predicted octanol–water partition coefficient (Wildman–Crippen LogP) is 4.17. The number of hydrogen-bond acceptors (Lipinski definition) is 7. The van der Waals surface area contributed by atoms with Crippen molar-refractivity contribution in [2.24, 2.45) is 0 Å². The number of piperidine rings is 1. The van der Waals surface area contributed by atoms with Crippen molar-refractivity contribution in [2.75, 3.05) is 24.2 Å². The minimum Gasteiger partial charge on any atom is -0.492 e. The predicted molar refractivity (Wildman–Crippen MR) is 107 cm³/mol. The fraction of sp³-hybridized carbons (Fsp3) is 0.500. The van der Waals surface area contributed by atoms with Gasteiger partial charge in [-0.05, 0) is 45.2 Å². The van der Waals surface area contributed by atoms with Gasteiger partial charge in [-0.3, -0.25) is 4.79 Å². The number of carbonyl (C=O) groups is 1. The molecule has 1 atom stereocenters. The van der Waals surface area contributed by atoms with Gasteiger partial charge in [-0.1, -0.05) is 35.2 Å². The molecule has 0 spiro atoms. The normalized spacial score (nSPS) is 17.2. The maximum Gasteiger partial charge on any atom is 0.233 e. The summed E-state index contributed by atoms with van der Waals surface area (Å²) < 4.78 is 6.40. The first kappa shape index (κ1) is 19.0. The zero-order valence-corrected chi connectivity index (χ0v) is 16.7. The molecule has 1 aromatic heterocycles. The molecular formula is C18H24N4O2S2. The number of likely N-dealkylation sites (tertiary alicyclic amines) is 1. The largest absolute Gasteiger partial charge is 0.492 e. The zero-order chi connectivity index (χ0) is 18.4. The number of amides is 1. The fourth-order valence-corrected chi connectivity index (χ4v) is 4.61. The fourth-order valence-electron chi connectivity index (χ4n) is 2.96. The molecule has 1 aliphatic rings. The molecule has 1 aromatic carbocycles. The molecule has 8 heteroatoms. The van der Waals surface area contributed by atoms with Crippen molar-refractivity contribution in [3.05, 3.63) is 24.3 Å². The number of aromatic nitrogens is 2. The van der Waals surface area contributed by atoms with Crippen LogP contribution < -0.4 is 10.1 Å². The summed E-state index contributed by atoms with van der Waals surface area (Å²) in [4.78, 5) is 14.4. The van der Waals surface area contributed by atoms with Crippen LogP contribution in [0.25, 0.3) is 0 Å². The maximum absolute atomic E-state index is 12.4. The van der Waals surface area contributed by atoms with Crippen LogP contribution in [0, 0.1) is 0 Å². The quantitative estimate of drug-likeness (QED) is 0.713. The zero-order valence-electron chi connectivity index (χ0n) is 15.1. The standard InChI is InChI=1S/C18H24N4O2S2/c1-3-24-15-10-5-4-9-14(15)19-17-20-21-18(26-17)25-12-16(23)22-11-7-6-8-13(22)2/h4-5,9-10,13H,3,6-8,11-12H2,1-2H3,(H,19,20)/t13-/m1/s1. The van der Waals surface area contributed by atoms with E-state index in [1.165, 1.54) is 29.5 Å². The second-order valence-electron chi connectivity index (χ2n) is 6.15. The molecule has 1 amide bonds. The van der Waals surface area contributed by atoms with Gasteiger partial charge in [-0.25, -0.2) is 0 Å². The molecule has 26 heavy (non-hydrogen) atoms. The summed E-state index contributed by atoms with van der Waals surface area (Å²) in [6, 6.07) is 8.09. The van der Waals surface area contributed by atoms with Crippen molar-refractivity contribution in [1.29, 1.82) is 0 Å². The van der Waals surface area contributed by atoms with Gasteiger partial charge in [0, 0.05) is 12.6 Å². The van der Waals surface area contributed by atoms with E-state index in [1.807, 2.05) is 36.1 Å². The molecule has 1 aliphatic heterocycles. The Morgan fingerprint density at radius 3 is 3.04 bits per heavy atom. The topological polar surface area (TPSA) is 67.3 Å². The summed E-state index contributed by atoms with van der Waals surface area (Å²) >= 11 is 2.90. The third-order valence-corrected chi connectivity index (χ3v) is 6.23. The highest BCUT2D eigenvalue weighted by Crippen LogP contribution is 2.32. The molecule has 0 aliphatic carbocycles. The Kier molecular flexibility index (Phi) is 6.73. The number of carbonyl (C=O) groups excluding carboxylic acids is 1. The highest BCUT2D eigenvalue weighted by Gasteiger charge is 2.23. The first-order valence-electron chi connectivity index (χ1n) is 8.92. The molecule has 1 fully saturated rings. The van der Waals surface area contributed by atoms with Crippen LogP contribution in [0.15, 0.2) is 28.6 Å². The van der Waals surface area contributed by atoms with Crippen molar-refractivity contribution in [3.8, 4) is 5.75 Å². The molecule has 6 nitrogen and oxygen atoms in total. The molecule has 2 heterocycles. The van der Waals surface area contributed by atoms with Crippen molar-refractivity contribution in [3.63, 3.8) is 0 Å². The SMILES string of the molecule is CCOc1ccccc1Nc1nnc(SCC(=O)N2CCCC[C@H]2C)s1. The Morgan fingerprint density at radius 1 is 1.38 bits per heavy atom. The van der Waals surface area contributed by atoms with E-state index in [9.17, 15) is 4.79 Å². The van der Waals surface area contributed by atoms with Crippen LogP contribution >= 0.6 is 23.1 Å². The number of rotatable bonds is 7. The molecule has 140 valence electrons. The lowest BCUT2D eigenvalue weighted by Gasteiger charge is -2.33. The number of anilines is 2. The Hall–Kier alpha value is -1.80. The maximum atomic E-state index is 12.4. The van der Waals surface area contributed by atoms with E-state index < -0.39 is 0 Å². The van der Waals surface area contributed by atoms with Crippen LogP contribution in [-0.4, -0.2) is 46.0 Å². The van der Waals surface area contributed by atoms with Crippen molar-refractivity contribution in [2.45, 2.75) is 43.5 Å². The van der Waals surface area contributed by atoms with E-state index in [1.54, 1.807) is 0 Å². The summed E-state index contributed by atoms with van der Waals surface area (Å²) in [5.74, 6) is 1.39. The number of thioether (sulfide) groups is 1. The van der Waals surface area contributed by atoms with Gasteiger partial charge in [0.1, 0.15) is 5.75 Å². The van der Waals surface area contributed by atoms with Crippen LogP contribution in [-0.2, 0) is 4.79 Å². The summed E-state index contributed by atoms with van der Waals surface area (Å²) in [5.41, 5.74) is 0.861. The lowest BCUT2D eigenvalue weighted by molar-refractivity contribution is -0.131. The van der Waals surface area contributed by atoms with E-state index >= 15 is 0 Å². The van der Waals surface area contributed by atoms with Crippen molar-refractivity contribution >= 4 is 39.8 Å². The van der Waals surface area contributed by atoms with E-state index in [4.69, 9.17) is 4.74 Å². The number of hydrogen-bond donors (Lipinski definition) is 1. The Morgan fingerprint density at radius 2 is 2.23 bits per heavy atom. The minimum absolute atomic E-state index is 0.189. The van der Waals surface area contributed by atoms with E-state index in [0.29, 0.717) is 23.5 Å².